The summed E-state index contributed by atoms with van der Waals surface area (Å²) in [5.41, 5.74) is 4.21. The van der Waals surface area contributed by atoms with Crippen molar-refractivity contribution >= 4 is 8.58 Å². The second-order valence-corrected chi connectivity index (χ2v) is 9.05. The zero-order valence-electron chi connectivity index (χ0n) is 16.5. The fraction of sp³-hybridized carbons (Fsp3) is 0.632. The van der Waals surface area contributed by atoms with Crippen LogP contribution in [0.1, 0.15) is 62.3 Å². The van der Waals surface area contributed by atoms with Crippen LogP contribution in [-0.4, -0.2) is 0 Å². The van der Waals surface area contributed by atoms with Gasteiger partial charge in [0.15, 0.2) is 0 Å². The standard InChI is InChI=1S/C15H27P.4CO.Mo/c1-13(2,3)10-11(14(4,5)6)16-12(10)15(7,8)9;4*1-2;/h1-9H3;;;;;. The normalized spacial score (nSPS) is 14.6. The van der Waals surface area contributed by atoms with Crippen molar-refractivity contribution in [2.75, 3.05) is 0 Å². The Bertz CT molecular complexity index is 362. The molecule has 4 radical (unpaired) electrons. The Morgan fingerprint density at radius 1 is 0.520 bits per heavy atom. The summed E-state index contributed by atoms with van der Waals surface area (Å²) in [5, 5.41) is 0. The van der Waals surface area contributed by atoms with Crippen LogP contribution in [0.15, 0.2) is 0 Å². The molecular formula is C19H27MoO4P. The Morgan fingerprint density at radius 2 is 0.720 bits per heavy atom. The molecule has 4 nitrogen and oxygen atoms in total. The molecule has 1 fully saturated rings. The number of hydrogen-bond donors (Lipinski definition) is 0. The third-order valence-corrected chi connectivity index (χ3v) is 5.10. The minimum atomic E-state index is 0. The van der Waals surface area contributed by atoms with Gasteiger partial charge in [0.2, 0.25) is 0 Å². The molecule has 1 aliphatic rings. The Hall–Kier alpha value is 0.0783. The fourth-order valence-corrected chi connectivity index (χ4v) is 3.92. The van der Waals surface area contributed by atoms with E-state index in [1.165, 1.54) is 8.58 Å². The van der Waals surface area contributed by atoms with Crippen LogP contribution in [0.5, 0.6) is 0 Å². The molecule has 0 aromatic heterocycles. The van der Waals surface area contributed by atoms with Crippen LogP contribution >= 0.6 is 8.58 Å². The summed E-state index contributed by atoms with van der Waals surface area (Å²) >= 11 is 0. The SMILES string of the molecule is CC(C)(C)[C]1[P][C](C(C)(C)C)[C]1C(C)(C)C.[C-]#[O+].[C-]#[O+].[C-]#[O+].[C-]#[O+].[Mo]. The van der Waals surface area contributed by atoms with Crippen LogP contribution in [0.2, 0.25) is 0 Å². The van der Waals surface area contributed by atoms with Crippen LogP contribution in [-0.2, 0) is 39.7 Å². The third-order valence-electron chi connectivity index (χ3n) is 2.87. The number of hydrogen-bond acceptors (Lipinski definition) is 0. The summed E-state index contributed by atoms with van der Waals surface area (Å²) in [6.07, 6.45) is 0. The molecule has 0 saturated carbocycles. The predicted octanol–water partition coefficient (Wildman–Crippen LogP) is 5.57. The summed E-state index contributed by atoms with van der Waals surface area (Å²) in [7, 11) is 1.49. The molecule has 0 bridgehead atoms. The van der Waals surface area contributed by atoms with E-state index in [9.17, 15) is 0 Å². The van der Waals surface area contributed by atoms with E-state index < -0.39 is 0 Å². The molecule has 0 amide bonds. The molecular weight excluding hydrogens is 419 g/mol. The van der Waals surface area contributed by atoms with Crippen molar-refractivity contribution in [1.29, 1.82) is 0 Å². The maximum absolute atomic E-state index is 7.50. The van der Waals surface area contributed by atoms with E-state index in [1.807, 2.05) is 0 Å². The van der Waals surface area contributed by atoms with Gasteiger partial charge in [-0.1, -0.05) is 70.9 Å². The maximum Gasteiger partial charge on any atom is 0 e. The molecule has 1 rings (SSSR count). The molecule has 0 atom stereocenters. The summed E-state index contributed by atoms with van der Waals surface area (Å²) in [6.45, 7) is 39.0. The van der Waals surface area contributed by atoms with Gasteiger partial charge >= 0.3 is 45.2 Å². The average molecular weight is 446 g/mol. The van der Waals surface area contributed by atoms with E-state index in [4.69, 9.17) is 18.6 Å². The van der Waals surface area contributed by atoms with Crippen LogP contribution < -0.4 is 0 Å². The third kappa shape index (κ3) is 13.0. The van der Waals surface area contributed by atoms with Gasteiger partial charge in [0.05, 0.1) is 0 Å². The molecule has 1 heterocycles. The summed E-state index contributed by atoms with van der Waals surface area (Å²) < 4.78 is 30.0. The molecule has 0 spiro atoms. The molecule has 0 aromatic rings. The van der Waals surface area contributed by atoms with Gasteiger partial charge in [-0.15, -0.1) is 0 Å². The maximum atomic E-state index is 7.50. The summed E-state index contributed by atoms with van der Waals surface area (Å²) in [4.78, 5) is 0. The van der Waals surface area contributed by atoms with Gasteiger partial charge in [0.1, 0.15) is 0 Å². The first kappa shape index (κ1) is 36.1. The zero-order valence-corrected chi connectivity index (χ0v) is 19.4. The zero-order chi connectivity index (χ0) is 20.9. The average Bonchev–Trinajstić information content (AvgIpc) is 2.41. The molecule has 138 valence electrons. The molecule has 0 aromatic carbocycles. The van der Waals surface area contributed by atoms with Crippen LogP contribution in [0.4, 0.5) is 0 Å². The van der Waals surface area contributed by atoms with Crippen molar-refractivity contribution in [3.05, 3.63) is 43.8 Å². The molecule has 1 aliphatic heterocycles. The van der Waals surface area contributed by atoms with Gasteiger partial charge in [-0.05, 0) is 16.2 Å². The van der Waals surface area contributed by atoms with E-state index in [2.05, 4.69) is 88.9 Å². The Balaban J connectivity index is -0.000000130. The monoisotopic (exact) mass is 448 g/mol. The molecule has 0 aliphatic carbocycles. The van der Waals surface area contributed by atoms with Crippen molar-refractivity contribution in [3.8, 4) is 0 Å². The minimum Gasteiger partial charge on any atom is 0 e. The van der Waals surface area contributed by atoms with E-state index in [0.29, 0.717) is 10.8 Å². The van der Waals surface area contributed by atoms with Crippen molar-refractivity contribution in [3.63, 3.8) is 0 Å². The van der Waals surface area contributed by atoms with Gasteiger partial charge < -0.3 is 0 Å². The largest absolute Gasteiger partial charge is 0 e. The Kier molecular flexibility index (Phi) is 23.5. The topological polar surface area (TPSA) is 79.6 Å². The predicted molar refractivity (Wildman–Crippen MR) is 90.7 cm³/mol. The van der Waals surface area contributed by atoms with Gasteiger partial charge in [0, 0.05) is 38.3 Å². The smallest absolute Gasteiger partial charge is 0 e. The molecule has 25 heavy (non-hydrogen) atoms. The summed E-state index contributed by atoms with van der Waals surface area (Å²) in [6, 6.07) is 0. The van der Waals surface area contributed by atoms with E-state index in [1.54, 1.807) is 17.2 Å². The molecule has 6 heteroatoms. The van der Waals surface area contributed by atoms with Gasteiger partial charge in [-0.2, -0.15) is 0 Å². The van der Waals surface area contributed by atoms with E-state index >= 15 is 0 Å². The molecule has 0 unspecified atom stereocenters. The van der Waals surface area contributed by atoms with E-state index in [0.717, 1.165) is 0 Å². The van der Waals surface area contributed by atoms with Crippen molar-refractivity contribution in [2.24, 2.45) is 16.2 Å². The van der Waals surface area contributed by atoms with Crippen molar-refractivity contribution in [1.82, 2.24) is 0 Å². The fourth-order valence-electron chi connectivity index (χ4n) is 2.08. The van der Waals surface area contributed by atoms with Gasteiger partial charge in [-0.3, -0.25) is 0 Å². The van der Waals surface area contributed by atoms with Gasteiger partial charge in [0.25, 0.3) is 0 Å². The van der Waals surface area contributed by atoms with E-state index in [-0.39, 0.29) is 26.5 Å². The second kappa shape index (κ2) is 16.3. The first-order valence-corrected chi connectivity index (χ1v) is 7.91. The quantitative estimate of drug-likeness (QED) is 0.202. The molecule has 0 N–H and O–H groups in total. The summed E-state index contributed by atoms with van der Waals surface area (Å²) in [5.74, 6) is 1.63. The van der Waals surface area contributed by atoms with Crippen LogP contribution in [0.3, 0.4) is 0 Å². The minimum absolute atomic E-state index is 0. The molecule has 1 saturated heterocycles. The Labute approximate surface area is 170 Å². The van der Waals surface area contributed by atoms with Crippen LogP contribution in [0.25, 0.3) is 0 Å². The second-order valence-electron chi connectivity index (χ2n) is 7.93. The first-order chi connectivity index (χ1) is 10.8. The van der Waals surface area contributed by atoms with Crippen molar-refractivity contribution < 1.29 is 39.7 Å². The van der Waals surface area contributed by atoms with Gasteiger partial charge in [-0.25, -0.2) is 0 Å². The Morgan fingerprint density at radius 3 is 0.840 bits per heavy atom. The first-order valence-electron chi connectivity index (χ1n) is 7.01. The number of rotatable bonds is 0. The van der Waals surface area contributed by atoms with Crippen molar-refractivity contribution in [2.45, 2.75) is 62.3 Å². The van der Waals surface area contributed by atoms with Crippen LogP contribution in [0, 0.1) is 60.1 Å².